The topological polar surface area (TPSA) is 72.9 Å². The van der Waals surface area contributed by atoms with E-state index in [1.807, 2.05) is 37.3 Å². The molecule has 18 heavy (non-hydrogen) atoms. The summed E-state index contributed by atoms with van der Waals surface area (Å²) in [7, 11) is 0. The van der Waals surface area contributed by atoms with E-state index < -0.39 is 0 Å². The lowest BCUT2D eigenvalue weighted by atomic mass is 10.1. The lowest BCUT2D eigenvalue weighted by Gasteiger charge is -2.14. The first kappa shape index (κ1) is 12.2. The van der Waals surface area contributed by atoms with Crippen LogP contribution in [0.3, 0.4) is 0 Å². The van der Waals surface area contributed by atoms with Crippen molar-refractivity contribution in [2.45, 2.75) is 19.5 Å². The average molecular weight is 244 g/mol. The van der Waals surface area contributed by atoms with Crippen molar-refractivity contribution >= 4 is 11.6 Å². The summed E-state index contributed by atoms with van der Waals surface area (Å²) < 4.78 is 1.52. The number of rotatable bonds is 4. The van der Waals surface area contributed by atoms with Gasteiger partial charge in [-0.05, 0) is 12.5 Å². The van der Waals surface area contributed by atoms with E-state index in [9.17, 15) is 4.79 Å². The largest absolute Gasteiger partial charge is 0.396 e. The van der Waals surface area contributed by atoms with E-state index >= 15 is 0 Å². The van der Waals surface area contributed by atoms with E-state index in [0.717, 1.165) is 5.56 Å². The Kier molecular flexibility index (Phi) is 3.62. The van der Waals surface area contributed by atoms with Crippen LogP contribution in [0.25, 0.3) is 0 Å². The van der Waals surface area contributed by atoms with Crippen LogP contribution >= 0.6 is 0 Å². The molecule has 3 N–H and O–H groups in total. The zero-order valence-corrected chi connectivity index (χ0v) is 10.2. The van der Waals surface area contributed by atoms with Gasteiger partial charge in [-0.25, -0.2) is 0 Å². The number of nitrogens with one attached hydrogen (secondary N) is 1. The van der Waals surface area contributed by atoms with Gasteiger partial charge >= 0.3 is 0 Å². The number of hydrogen-bond acceptors (Lipinski definition) is 3. The van der Waals surface area contributed by atoms with E-state index in [2.05, 4.69) is 10.4 Å². The van der Waals surface area contributed by atoms with E-state index in [0.29, 0.717) is 5.69 Å². The molecule has 1 heterocycles. The number of benzene rings is 1. The van der Waals surface area contributed by atoms with E-state index in [1.54, 1.807) is 6.20 Å². The van der Waals surface area contributed by atoms with Crippen molar-refractivity contribution in [3.63, 3.8) is 0 Å². The average Bonchev–Trinajstić information content (AvgIpc) is 2.75. The zero-order valence-electron chi connectivity index (χ0n) is 10.2. The van der Waals surface area contributed by atoms with Crippen molar-refractivity contribution in [1.29, 1.82) is 0 Å². The van der Waals surface area contributed by atoms with Gasteiger partial charge in [-0.1, -0.05) is 30.3 Å². The third-order valence-electron chi connectivity index (χ3n) is 2.64. The van der Waals surface area contributed by atoms with Gasteiger partial charge in [0, 0.05) is 6.20 Å². The van der Waals surface area contributed by atoms with Crippen molar-refractivity contribution in [3.8, 4) is 0 Å². The van der Waals surface area contributed by atoms with E-state index in [1.165, 1.54) is 10.9 Å². The highest BCUT2D eigenvalue weighted by molar-refractivity contribution is 5.76. The monoisotopic (exact) mass is 244 g/mol. The van der Waals surface area contributed by atoms with E-state index in [-0.39, 0.29) is 18.5 Å². The molecule has 0 aliphatic carbocycles. The number of carbonyl (C=O) groups is 1. The van der Waals surface area contributed by atoms with Crippen LogP contribution in [0.1, 0.15) is 18.5 Å². The number of carbonyl (C=O) groups excluding carboxylic acids is 1. The van der Waals surface area contributed by atoms with Crippen LogP contribution in [0.4, 0.5) is 5.69 Å². The van der Waals surface area contributed by atoms with Gasteiger partial charge in [0.2, 0.25) is 5.91 Å². The van der Waals surface area contributed by atoms with Gasteiger partial charge < -0.3 is 11.1 Å². The summed E-state index contributed by atoms with van der Waals surface area (Å²) in [5.41, 5.74) is 7.16. The highest BCUT2D eigenvalue weighted by Crippen LogP contribution is 2.10. The summed E-state index contributed by atoms with van der Waals surface area (Å²) in [6, 6.07) is 9.79. The maximum atomic E-state index is 11.8. The van der Waals surface area contributed by atoms with Gasteiger partial charge in [-0.3, -0.25) is 9.48 Å². The van der Waals surface area contributed by atoms with Crippen LogP contribution in [0.5, 0.6) is 0 Å². The van der Waals surface area contributed by atoms with Crippen molar-refractivity contribution in [2.24, 2.45) is 0 Å². The summed E-state index contributed by atoms with van der Waals surface area (Å²) in [6.07, 6.45) is 3.15. The quantitative estimate of drug-likeness (QED) is 0.852. The Labute approximate surface area is 106 Å². The SMILES string of the molecule is C[C@@H](NC(=O)Cn1cc(N)cn1)c1ccccc1. The Bertz CT molecular complexity index is 521. The number of anilines is 1. The fourth-order valence-electron chi connectivity index (χ4n) is 1.73. The Hall–Kier alpha value is -2.30. The fraction of sp³-hybridized carbons (Fsp3) is 0.231. The number of nitrogen functional groups attached to an aromatic ring is 1. The van der Waals surface area contributed by atoms with Crippen LogP contribution in [0, 0.1) is 0 Å². The molecule has 0 aliphatic heterocycles. The summed E-state index contributed by atoms with van der Waals surface area (Å²) >= 11 is 0. The molecule has 1 amide bonds. The standard InChI is InChI=1S/C13H16N4O/c1-10(11-5-3-2-4-6-11)16-13(18)9-17-8-12(14)7-15-17/h2-8,10H,9,14H2,1H3,(H,16,18)/t10-/m1/s1. The predicted octanol–water partition coefficient (Wildman–Crippen LogP) is 1.34. The minimum Gasteiger partial charge on any atom is -0.396 e. The fourth-order valence-corrected chi connectivity index (χ4v) is 1.73. The molecule has 5 heteroatoms. The first-order valence-corrected chi connectivity index (χ1v) is 5.77. The first-order valence-electron chi connectivity index (χ1n) is 5.77. The van der Waals surface area contributed by atoms with Gasteiger partial charge in [0.05, 0.1) is 17.9 Å². The van der Waals surface area contributed by atoms with E-state index in [4.69, 9.17) is 5.73 Å². The van der Waals surface area contributed by atoms with Crippen molar-refractivity contribution in [3.05, 3.63) is 48.3 Å². The number of hydrogen-bond donors (Lipinski definition) is 2. The number of nitrogens with zero attached hydrogens (tertiary/aromatic N) is 2. The molecular formula is C13H16N4O. The highest BCUT2D eigenvalue weighted by atomic mass is 16.2. The highest BCUT2D eigenvalue weighted by Gasteiger charge is 2.09. The van der Waals surface area contributed by atoms with Gasteiger partial charge in [-0.15, -0.1) is 0 Å². The van der Waals surface area contributed by atoms with Crippen LogP contribution in [-0.2, 0) is 11.3 Å². The summed E-state index contributed by atoms with van der Waals surface area (Å²) in [5.74, 6) is -0.0885. The number of aromatic nitrogens is 2. The van der Waals surface area contributed by atoms with Gasteiger partial charge in [0.1, 0.15) is 6.54 Å². The summed E-state index contributed by atoms with van der Waals surface area (Å²) in [4.78, 5) is 11.8. The second kappa shape index (κ2) is 5.35. The molecule has 2 aromatic rings. The van der Waals surface area contributed by atoms with Crippen molar-refractivity contribution in [2.75, 3.05) is 5.73 Å². The Morgan fingerprint density at radius 2 is 2.17 bits per heavy atom. The molecule has 1 aromatic carbocycles. The maximum absolute atomic E-state index is 11.8. The van der Waals surface area contributed by atoms with Crippen LogP contribution < -0.4 is 11.1 Å². The third kappa shape index (κ3) is 3.10. The van der Waals surface area contributed by atoms with Gasteiger partial charge in [-0.2, -0.15) is 5.10 Å². The second-order valence-electron chi connectivity index (χ2n) is 4.17. The van der Waals surface area contributed by atoms with Gasteiger partial charge in [0.15, 0.2) is 0 Å². The van der Waals surface area contributed by atoms with Crippen LogP contribution in [-0.4, -0.2) is 15.7 Å². The van der Waals surface area contributed by atoms with Crippen LogP contribution in [0.2, 0.25) is 0 Å². The molecule has 0 aliphatic rings. The molecule has 5 nitrogen and oxygen atoms in total. The normalized spacial score (nSPS) is 12.1. The molecule has 0 unspecified atom stereocenters. The Balaban J connectivity index is 1.92. The lowest BCUT2D eigenvalue weighted by molar-refractivity contribution is -0.122. The zero-order chi connectivity index (χ0) is 13.0. The molecular weight excluding hydrogens is 228 g/mol. The number of amides is 1. The minimum absolute atomic E-state index is 0.0217. The smallest absolute Gasteiger partial charge is 0.242 e. The maximum Gasteiger partial charge on any atom is 0.242 e. The molecule has 0 spiro atoms. The van der Waals surface area contributed by atoms with Crippen molar-refractivity contribution < 1.29 is 4.79 Å². The van der Waals surface area contributed by atoms with Crippen molar-refractivity contribution in [1.82, 2.24) is 15.1 Å². The third-order valence-corrected chi connectivity index (χ3v) is 2.64. The summed E-state index contributed by atoms with van der Waals surface area (Å²) in [5, 5.41) is 6.88. The molecule has 0 radical (unpaired) electrons. The lowest BCUT2D eigenvalue weighted by Crippen LogP contribution is -2.30. The molecule has 0 bridgehead atoms. The van der Waals surface area contributed by atoms with Gasteiger partial charge in [0.25, 0.3) is 0 Å². The number of nitrogens with two attached hydrogens (primary N) is 1. The second-order valence-corrected chi connectivity index (χ2v) is 4.17. The molecule has 1 atom stereocenters. The summed E-state index contributed by atoms with van der Waals surface area (Å²) in [6.45, 7) is 2.12. The Morgan fingerprint density at radius 3 is 2.78 bits per heavy atom. The molecule has 1 aromatic heterocycles. The first-order chi connectivity index (χ1) is 8.65. The Morgan fingerprint density at radius 1 is 1.44 bits per heavy atom. The molecule has 0 saturated carbocycles. The molecule has 0 saturated heterocycles. The predicted molar refractivity (Wildman–Crippen MR) is 69.6 cm³/mol. The van der Waals surface area contributed by atoms with Crippen LogP contribution in [0.15, 0.2) is 42.7 Å². The molecule has 2 rings (SSSR count). The minimum atomic E-state index is -0.0885. The molecule has 0 fully saturated rings. The molecule has 94 valence electrons.